The van der Waals surface area contributed by atoms with Gasteiger partial charge in [-0.1, -0.05) is 86.1 Å². The summed E-state index contributed by atoms with van der Waals surface area (Å²) in [5, 5.41) is 9.21. The van der Waals surface area contributed by atoms with Crippen LogP contribution in [0.1, 0.15) is 123 Å². The van der Waals surface area contributed by atoms with Crippen LogP contribution in [0.25, 0.3) is 0 Å². The van der Waals surface area contributed by atoms with Crippen LogP contribution in [0.15, 0.2) is 48.5 Å². The molecule has 240 valence electrons. The minimum absolute atomic E-state index is 0.500. The molecule has 0 aromatic heterocycles. The predicted octanol–water partition coefficient (Wildman–Crippen LogP) is 10.1. The molecular formula is C39H63N3O. The Morgan fingerprint density at radius 2 is 1.53 bits per heavy atom. The molecule has 1 fully saturated rings. The van der Waals surface area contributed by atoms with Crippen LogP contribution in [-0.2, 0) is 11.3 Å². The second-order valence-corrected chi connectivity index (χ2v) is 14.7. The summed E-state index contributed by atoms with van der Waals surface area (Å²) in [6, 6.07) is 19.5. The first-order valence-electron chi connectivity index (χ1n) is 16.7. The van der Waals surface area contributed by atoms with E-state index in [0.717, 1.165) is 49.1 Å². The number of aldehydes is 1. The number of hydrogen-bond donors (Lipinski definition) is 0. The summed E-state index contributed by atoms with van der Waals surface area (Å²) in [6.45, 7) is 20.9. The molecule has 3 rings (SSSR count). The van der Waals surface area contributed by atoms with Crippen LogP contribution in [0.5, 0.6) is 0 Å². The van der Waals surface area contributed by atoms with E-state index in [9.17, 15) is 10.1 Å². The molecule has 3 unspecified atom stereocenters. The molecule has 3 atom stereocenters. The van der Waals surface area contributed by atoms with Crippen LogP contribution in [0.4, 0.5) is 5.69 Å². The van der Waals surface area contributed by atoms with Gasteiger partial charge in [-0.05, 0) is 111 Å². The predicted molar refractivity (Wildman–Crippen MR) is 187 cm³/mol. The van der Waals surface area contributed by atoms with Crippen molar-refractivity contribution >= 4 is 12.0 Å². The van der Waals surface area contributed by atoms with Gasteiger partial charge in [0.2, 0.25) is 0 Å². The summed E-state index contributed by atoms with van der Waals surface area (Å²) in [4.78, 5) is 14.3. The van der Waals surface area contributed by atoms with Crippen LogP contribution in [0.3, 0.4) is 0 Å². The molecule has 0 bridgehead atoms. The summed E-state index contributed by atoms with van der Waals surface area (Å²) in [5.41, 5.74) is 5.19. The molecule has 0 N–H and O–H groups in total. The number of rotatable bonds is 11. The van der Waals surface area contributed by atoms with E-state index in [4.69, 9.17) is 0 Å². The smallest absolute Gasteiger partial charge is 0.119 e. The fraction of sp³-hybridized carbons (Fsp3) is 0.641. The Hall–Kier alpha value is -2.64. The van der Waals surface area contributed by atoms with Gasteiger partial charge in [0.1, 0.15) is 6.29 Å². The number of benzene rings is 2. The Labute approximate surface area is 265 Å². The van der Waals surface area contributed by atoms with E-state index in [1.807, 2.05) is 19.1 Å². The van der Waals surface area contributed by atoms with Crippen LogP contribution >= 0.6 is 0 Å². The monoisotopic (exact) mass is 589 g/mol. The summed E-state index contributed by atoms with van der Waals surface area (Å²) in [5.74, 6) is 3.00. The van der Waals surface area contributed by atoms with Gasteiger partial charge in [-0.25, -0.2) is 0 Å². The molecule has 2 aromatic carbocycles. The van der Waals surface area contributed by atoms with Crippen LogP contribution < -0.4 is 4.90 Å². The van der Waals surface area contributed by atoms with E-state index in [-0.39, 0.29) is 0 Å². The zero-order chi connectivity index (χ0) is 32.4. The molecule has 0 aliphatic heterocycles. The lowest BCUT2D eigenvalue weighted by Gasteiger charge is -2.29. The van der Waals surface area contributed by atoms with E-state index in [2.05, 4.69) is 115 Å². The van der Waals surface area contributed by atoms with Crippen molar-refractivity contribution in [2.75, 3.05) is 32.1 Å². The van der Waals surface area contributed by atoms with Gasteiger partial charge < -0.3 is 14.6 Å². The molecule has 1 aliphatic rings. The Bertz CT molecular complexity index is 1040. The first-order chi connectivity index (χ1) is 20.3. The first-order valence-corrected chi connectivity index (χ1v) is 16.7. The Balaban J connectivity index is 0.000000798. The summed E-state index contributed by atoms with van der Waals surface area (Å²) < 4.78 is 0. The highest BCUT2D eigenvalue weighted by molar-refractivity contribution is 5.50. The molecule has 4 heteroatoms. The molecule has 1 saturated carbocycles. The Morgan fingerprint density at radius 1 is 0.953 bits per heavy atom. The highest BCUT2D eigenvalue weighted by atomic mass is 16.1. The minimum Gasteiger partial charge on any atom is -0.367 e. The van der Waals surface area contributed by atoms with Crippen molar-refractivity contribution < 1.29 is 4.79 Å². The van der Waals surface area contributed by atoms with Crippen molar-refractivity contribution in [3.05, 3.63) is 65.2 Å². The van der Waals surface area contributed by atoms with E-state index in [1.54, 1.807) is 0 Å². The lowest BCUT2D eigenvalue weighted by molar-refractivity contribution is -0.107. The Morgan fingerprint density at radius 3 is 2.00 bits per heavy atom. The van der Waals surface area contributed by atoms with Gasteiger partial charge >= 0.3 is 0 Å². The van der Waals surface area contributed by atoms with Crippen molar-refractivity contribution in [3.63, 3.8) is 0 Å². The zero-order valence-corrected chi connectivity index (χ0v) is 29.3. The lowest BCUT2D eigenvalue weighted by atomic mass is 9.86. The molecule has 0 spiro atoms. The quantitative estimate of drug-likeness (QED) is 0.193. The van der Waals surface area contributed by atoms with Gasteiger partial charge in [-0.2, -0.15) is 5.26 Å². The minimum atomic E-state index is 0.500. The normalized spacial score (nSPS) is 18.4. The maximum atomic E-state index is 9.40. The van der Waals surface area contributed by atoms with Gasteiger partial charge in [-0.3, -0.25) is 0 Å². The second kappa shape index (κ2) is 20.3. The molecule has 0 heterocycles. The summed E-state index contributed by atoms with van der Waals surface area (Å²) in [6.07, 6.45) is 9.29. The molecule has 4 nitrogen and oxygen atoms in total. The first kappa shape index (κ1) is 38.4. The fourth-order valence-electron chi connectivity index (χ4n) is 5.45. The van der Waals surface area contributed by atoms with Gasteiger partial charge in [0.15, 0.2) is 0 Å². The van der Waals surface area contributed by atoms with E-state index < -0.39 is 0 Å². The van der Waals surface area contributed by atoms with E-state index >= 15 is 0 Å². The van der Waals surface area contributed by atoms with Crippen molar-refractivity contribution in [1.29, 1.82) is 5.26 Å². The largest absolute Gasteiger partial charge is 0.367 e. The van der Waals surface area contributed by atoms with Crippen molar-refractivity contribution in [1.82, 2.24) is 4.90 Å². The molecular weight excluding hydrogens is 526 g/mol. The maximum Gasteiger partial charge on any atom is 0.119 e. The van der Waals surface area contributed by atoms with Crippen molar-refractivity contribution in [2.45, 2.75) is 113 Å². The van der Waals surface area contributed by atoms with Crippen LogP contribution in [-0.4, -0.2) is 38.4 Å². The second-order valence-electron chi connectivity index (χ2n) is 14.7. The number of hydrogen-bond acceptors (Lipinski definition) is 4. The van der Waals surface area contributed by atoms with Crippen LogP contribution in [0.2, 0.25) is 0 Å². The molecule has 1 aliphatic carbocycles. The molecule has 0 saturated heterocycles. The number of carbonyl (C=O) groups excluding carboxylic acids is 1. The number of nitrogens with zero attached hydrogens (tertiary/aromatic N) is 3. The fourth-order valence-corrected chi connectivity index (χ4v) is 5.45. The molecule has 0 amide bonds. The number of anilines is 1. The third-order valence-electron chi connectivity index (χ3n) is 7.96. The van der Waals surface area contributed by atoms with E-state index in [1.165, 1.54) is 55.5 Å². The molecule has 0 radical (unpaired) electrons. The number of unbranched alkanes of at least 4 members (excludes halogenated alkanes) is 1. The van der Waals surface area contributed by atoms with Crippen LogP contribution in [0, 0.1) is 34.5 Å². The molecule has 43 heavy (non-hydrogen) atoms. The highest BCUT2D eigenvalue weighted by Crippen LogP contribution is 2.34. The van der Waals surface area contributed by atoms with E-state index in [0.29, 0.717) is 17.8 Å². The topological polar surface area (TPSA) is 47.3 Å². The van der Waals surface area contributed by atoms with Crippen molar-refractivity contribution in [2.24, 2.45) is 23.2 Å². The van der Waals surface area contributed by atoms with Gasteiger partial charge in [0.25, 0.3) is 0 Å². The Kier molecular flexibility index (Phi) is 18.2. The van der Waals surface area contributed by atoms with Gasteiger partial charge in [0.05, 0.1) is 11.6 Å². The maximum absolute atomic E-state index is 9.40. The highest BCUT2D eigenvalue weighted by Gasteiger charge is 2.25. The zero-order valence-electron chi connectivity index (χ0n) is 29.3. The third kappa shape index (κ3) is 17.3. The van der Waals surface area contributed by atoms with Gasteiger partial charge in [-0.15, -0.1) is 0 Å². The SMILES string of the molecule is CC(C)(C)C.CC(C)c1ccc(CN(CCC2CCC(CN(C)C)CCC2C)c2ccc(C#N)cc2)cc1.CCCC=O. The van der Waals surface area contributed by atoms with Gasteiger partial charge in [0, 0.05) is 31.7 Å². The number of nitriles is 1. The van der Waals surface area contributed by atoms with Crippen molar-refractivity contribution in [3.8, 4) is 6.07 Å². The average molecular weight is 590 g/mol. The standard InChI is InChI=1S/C30H43N3.C5H12.C4H8O/c1-23(2)28-13-8-27(9-14-28)22-33(30-16-11-25(20-31)12-17-30)19-18-29-15-10-26(21-32(4)5)7-6-24(29)3;1-5(2,3)4;1-2-3-4-5/h8-9,11-14,16-17,23-24,26,29H,6-7,10,15,18-19,21-22H2,1-5H3;1-4H3;4H,2-3H2,1H3. The summed E-state index contributed by atoms with van der Waals surface area (Å²) >= 11 is 0. The lowest BCUT2D eigenvalue weighted by Crippen LogP contribution is -2.27. The summed E-state index contributed by atoms with van der Waals surface area (Å²) in [7, 11) is 4.41. The third-order valence-corrected chi connectivity index (χ3v) is 7.96. The average Bonchev–Trinajstić information content (AvgIpc) is 3.11. The molecule has 2 aromatic rings. The number of carbonyl (C=O) groups is 1.